The van der Waals surface area contributed by atoms with E-state index in [0.717, 1.165) is 17.4 Å². The summed E-state index contributed by atoms with van der Waals surface area (Å²) in [4.78, 5) is 0. The van der Waals surface area contributed by atoms with Crippen molar-refractivity contribution < 1.29 is 0 Å². The molecule has 0 aliphatic heterocycles. The van der Waals surface area contributed by atoms with Crippen LogP contribution in [0.15, 0.2) is 24.3 Å². The fraction of sp³-hybridized carbons (Fsp3) is 0.600. The monoisotopic (exact) mass is 251 g/mol. The average molecular weight is 252 g/mol. The zero-order chi connectivity index (χ0) is 12.1. The van der Waals surface area contributed by atoms with Crippen molar-refractivity contribution in [3.63, 3.8) is 0 Å². The second kappa shape index (κ2) is 6.42. The number of hydrogen-bond acceptors (Lipinski definition) is 1. The van der Waals surface area contributed by atoms with Crippen LogP contribution in [0.4, 0.5) is 0 Å². The minimum atomic E-state index is 0.288. The molecule has 0 amide bonds. The highest BCUT2D eigenvalue weighted by molar-refractivity contribution is 6.30. The topological polar surface area (TPSA) is 26.0 Å². The normalized spacial score (nSPS) is 19.2. The number of rotatable bonds is 4. The molecule has 0 spiro atoms. The van der Waals surface area contributed by atoms with Crippen molar-refractivity contribution in [2.45, 2.75) is 51.0 Å². The lowest BCUT2D eigenvalue weighted by molar-refractivity contribution is 0.317. The summed E-state index contributed by atoms with van der Waals surface area (Å²) in [5.74, 6) is 0.859. The van der Waals surface area contributed by atoms with Gasteiger partial charge in [0.15, 0.2) is 0 Å². The van der Waals surface area contributed by atoms with Crippen LogP contribution in [0.5, 0.6) is 0 Å². The van der Waals surface area contributed by atoms with Gasteiger partial charge in [0.2, 0.25) is 0 Å². The van der Waals surface area contributed by atoms with Crippen molar-refractivity contribution >= 4 is 11.6 Å². The molecule has 0 heterocycles. The molecule has 0 aromatic heterocycles. The van der Waals surface area contributed by atoms with E-state index in [4.69, 9.17) is 17.3 Å². The van der Waals surface area contributed by atoms with Gasteiger partial charge in [0, 0.05) is 11.1 Å². The third-order valence-electron chi connectivity index (χ3n) is 3.75. The average Bonchev–Trinajstić information content (AvgIpc) is 2.30. The van der Waals surface area contributed by atoms with Crippen molar-refractivity contribution in [3.8, 4) is 0 Å². The Bertz CT molecular complexity index is 345. The van der Waals surface area contributed by atoms with Crippen molar-refractivity contribution in [2.24, 2.45) is 11.7 Å². The SMILES string of the molecule is NC(Cc1cccc(Cl)c1)CC1CCCCC1. The molecule has 1 fully saturated rings. The lowest BCUT2D eigenvalue weighted by Crippen LogP contribution is -2.27. The summed E-state index contributed by atoms with van der Waals surface area (Å²) in [6, 6.07) is 8.36. The van der Waals surface area contributed by atoms with Gasteiger partial charge in [-0.15, -0.1) is 0 Å². The van der Waals surface area contributed by atoms with Crippen molar-refractivity contribution in [2.75, 3.05) is 0 Å². The Balaban J connectivity index is 1.82. The summed E-state index contributed by atoms with van der Waals surface area (Å²) >= 11 is 5.98. The molecule has 1 nitrogen and oxygen atoms in total. The van der Waals surface area contributed by atoms with Crippen LogP contribution in [0.3, 0.4) is 0 Å². The molecule has 1 atom stereocenters. The molecule has 2 heteroatoms. The van der Waals surface area contributed by atoms with E-state index in [1.807, 2.05) is 18.2 Å². The number of halogens is 1. The van der Waals surface area contributed by atoms with E-state index in [9.17, 15) is 0 Å². The van der Waals surface area contributed by atoms with Crippen LogP contribution in [-0.4, -0.2) is 6.04 Å². The smallest absolute Gasteiger partial charge is 0.0408 e. The number of nitrogens with two attached hydrogens (primary N) is 1. The van der Waals surface area contributed by atoms with Gasteiger partial charge in [-0.25, -0.2) is 0 Å². The molecule has 1 aromatic rings. The highest BCUT2D eigenvalue weighted by Gasteiger charge is 2.16. The molecule has 2 N–H and O–H groups in total. The molecular formula is C15H22ClN. The largest absolute Gasteiger partial charge is 0.327 e. The molecule has 0 radical (unpaired) electrons. The van der Waals surface area contributed by atoms with E-state index < -0.39 is 0 Å². The highest BCUT2D eigenvalue weighted by Crippen LogP contribution is 2.27. The minimum absolute atomic E-state index is 0.288. The second-order valence-corrected chi connectivity index (χ2v) is 5.77. The molecule has 1 saturated carbocycles. The van der Waals surface area contributed by atoms with Crippen molar-refractivity contribution in [3.05, 3.63) is 34.9 Å². The summed E-state index contributed by atoms with van der Waals surface area (Å²) in [7, 11) is 0. The zero-order valence-corrected chi connectivity index (χ0v) is 11.1. The summed E-state index contributed by atoms with van der Waals surface area (Å²) in [6.45, 7) is 0. The maximum Gasteiger partial charge on any atom is 0.0408 e. The van der Waals surface area contributed by atoms with E-state index in [1.54, 1.807) is 0 Å². The molecule has 1 aliphatic rings. The predicted octanol–water partition coefficient (Wildman–Crippen LogP) is 4.18. The standard InChI is InChI=1S/C15H22ClN/c16-14-8-4-7-13(9-14)11-15(17)10-12-5-2-1-3-6-12/h4,7-9,12,15H,1-3,5-6,10-11,17H2. The highest BCUT2D eigenvalue weighted by atomic mass is 35.5. The summed E-state index contributed by atoms with van der Waals surface area (Å²) < 4.78 is 0. The Morgan fingerprint density at radius 3 is 2.71 bits per heavy atom. The fourth-order valence-corrected chi connectivity index (χ4v) is 3.11. The summed E-state index contributed by atoms with van der Waals surface area (Å²) in [6.07, 6.45) is 9.10. The maximum absolute atomic E-state index is 6.24. The van der Waals surface area contributed by atoms with E-state index >= 15 is 0 Å². The third kappa shape index (κ3) is 4.33. The quantitative estimate of drug-likeness (QED) is 0.854. The molecule has 1 aromatic carbocycles. The summed E-state index contributed by atoms with van der Waals surface area (Å²) in [5.41, 5.74) is 7.51. The van der Waals surface area contributed by atoms with Crippen LogP contribution in [-0.2, 0) is 6.42 Å². The van der Waals surface area contributed by atoms with E-state index in [0.29, 0.717) is 0 Å². The van der Waals surface area contributed by atoms with Gasteiger partial charge in [-0.3, -0.25) is 0 Å². The first-order valence-electron chi connectivity index (χ1n) is 6.74. The Morgan fingerprint density at radius 2 is 2.00 bits per heavy atom. The zero-order valence-electron chi connectivity index (χ0n) is 10.4. The van der Waals surface area contributed by atoms with Crippen LogP contribution in [0.2, 0.25) is 5.02 Å². The van der Waals surface area contributed by atoms with Gasteiger partial charge in [0.25, 0.3) is 0 Å². The van der Waals surface area contributed by atoms with E-state index in [1.165, 1.54) is 44.1 Å². The second-order valence-electron chi connectivity index (χ2n) is 5.33. The first-order valence-corrected chi connectivity index (χ1v) is 7.12. The van der Waals surface area contributed by atoms with Gasteiger partial charge in [0.05, 0.1) is 0 Å². The van der Waals surface area contributed by atoms with Crippen LogP contribution >= 0.6 is 11.6 Å². The molecule has 1 unspecified atom stereocenters. The maximum atomic E-state index is 6.24. The lowest BCUT2D eigenvalue weighted by Gasteiger charge is -2.24. The van der Waals surface area contributed by atoms with Crippen molar-refractivity contribution in [1.82, 2.24) is 0 Å². The fourth-order valence-electron chi connectivity index (χ4n) is 2.90. The van der Waals surface area contributed by atoms with Gasteiger partial charge in [0.1, 0.15) is 0 Å². The predicted molar refractivity (Wildman–Crippen MR) is 74.3 cm³/mol. The van der Waals surface area contributed by atoms with Gasteiger partial charge >= 0.3 is 0 Å². The Morgan fingerprint density at radius 1 is 1.24 bits per heavy atom. The van der Waals surface area contributed by atoms with E-state index in [2.05, 4.69) is 6.07 Å². The van der Waals surface area contributed by atoms with Gasteiger partial charge < -0.3 is 5.73 Å². The summed E-state index contributed by atoms with van der Waals surface area (Å²) in [5, 5.41) is 0.812. The first kappa shape index (κ1) is 12.9. The molecule has 0 bridgehead atoms. The van der Waals surface area contributed by atoms with E-state index in [-0.39, 0.29) is 6.04 Å². The third-order valence-corrected chi connectivity index (χ3v) is 3.98. The molecule has 0 saturated heterocycles. The van der Waals surface area contributed by atoms with Gasteiger partial charge in [-0.1, -0.05) is 55.8 Å². The Hall–Kier alpha value is -0.530. The molecule has 1 aliphatic carbocycles. The van der Waals surface area contributed by atoms with Gasteiger partial charge in [-0.2, -0.15) is 0 Å². The molecule has 94 valence electrons. The Labute approximate surface area is 109 Å². The minimum Gasteiger partial charge on any atom is -0.327 e. The molecule has 17 heavy (non-hydrogen) atoms. The molecule has 2 rings (SSSR count). The number of benzene rings is 1. The number of hydrogen-bond donors (Lipinski definition) is 1. The van der Waals surface area contributed by atoms with Crippen LogP contribution < -0.4 is 5.73 Å². The van der Waals surface area contributed by atoms with Crippen LogP contribution in [0.25, 0.3) is 0 Å². The lowest BCUT2D eigenvalue weighted by atomic mass is 9.84. The van der Waals surface area contributed by atoms with Gasteiger partial charge in [-0.05, 0) is 36.5 Å². The first-order chi connectivity index (χ1) is 8.24. The molecular weight excluding hydrogens is 230 g/mol. The Kier molecular flexibility index (Phi) is 4.87. The van der Waals surface area contributed by atoms with Crippen LogP contribution in [0.1, 0.15) is 44.1 Å². The van der Waals surface area contributed by atoms with Crippen molar-refractivity contribution in [1.29, 1.82) is 0 Å². The van der Waals surface area contributed by atoms with Crippen LogP contribution in [0, 0.1) is 5.92 Å².